The molecule has 1 heterocycles. The van der Waals surface area contributed by atoms with Gasteiger partial charge in [-0.2, -0.15) is 0 Å². The molecule has 1 fully saturated rings. The maximum Gasteiger partial charge on any atom is 0.338 e. The van der Waals surface area contributed by atoms with E-state index in [1.807, 2.05) is 12.1 Å². The minimum absolute atomic E-state index is 0.269. The summed E-state index contributed by atoms with van der Waals surface area (Å²) in [4.78, 5) is 11.8. The number of hydrogen-bond donors (Lipinski definition) is 0. The molecular weight excluding hydrogens is 244 g/mol. The number of esters is 1. The van der Waals surface area contributed by atoms with E-state index in [4.69, 9.17) is 4.74 Å². The molecule has 6 heteroatoms. The molecule has 6 nitrogen and oxygen atoms in total. The predicted octanol–water partition coefficient (Wildman–Crippen LogP) is 1.44. The number of rotatable bonds is 4. The van der Waals surface area contributed by atoms with Crippen LogP contribution < -0.4 is 0 Å². The standard InChI is InChI=1S/C13H14N4O2/c1-17-12(14-15-16-17)10-4-6-11(7-5-10)13(18)19-8-9-2-3-9/h4-7,9H,2-3,8H2,1H3. The second kappa shape index (κ2) is 4.79. The van der Waals surface area contributed by atoms with Gasteiger partial charge in [-0.15, -0.1) is 5.10 Å². The Morgan fingerprint density at radius 1 is 1.37 bits per heavy atom. The topological polar surface area (TPSA) is 69.9 Å². The van der Waals surface area contributed by atoms with Crippen molar-refractivity contribution >= 4 is 5.97 Å². The number of ether oxygens (including phenoxy) is 1. The van der Waals surface area contributed by atoms with Gasteiger partial charge in [-0.3, -0.25) is 0 Å². The van der Waals surface area contributed by atoms with Gasteiger partial charge in [0.2, 0.25) is 0 Å². The first-order valence-corrected chi connectivity index (χ1v) is 6.24. The minimum Gasteiger partial charge on any atom is -0.462 e. The van der Waals surface area contributed by atoms with Crippen molar-refractivity contribution in [1.82, 2.24) is 20.2 Å². The van der Waals surface area contributed by atoms with Crippen molar-refractivity contribution in [2.45, 2.75) is 12.8 Å². The summed E-state index contributed by atoms with van der Waals surface area (Å²) in [6.07, 6.45) is 2.34. The van der Waals surface area contributed by atoms with Crippen LogP contribution in [0.25, 0.3) is 11.4 Å². The third-order valence-corrected chi connectivity index (χ3v) is 3.15. The Bertz CT molecular complexity index is 587. The van der Waals surface area contributed by atoms with Gasteiger partial charge in [0.25, 0.3) is 0 Å². The molecule has 0 bridgehead atoms. The van der Waals surface area contributed by atoms with Crippen LogP contribution in [0.1, 0.15) is 23.2 Å². The van der Waals surface area contributed by atoms with Crippen molar-refractivity contribution in [3.05, 3.63) is 29.8 Å². The van der Waals surface area contributed by atoms with E-state index >= 15 is 0 Å². The Labute approximate surface area is 110 Å². The lowest BCUT2D eigenvalue weighted by molar-refractivity contribution is 0.0486. The van der Waals surface area contributed by atoms with E-state index in [2.05, 4.69) is 15.5 Å². The van der Waals surface area contributed by atoms with Crippen molar-refractivity contribution in [2.75, 3.05) is 6.61 Å². The van der Waals surface area contributed by atoms with Crippen molar-refractivity contribution in [3.8, 4) is 11.4 Å². The van der Waals surface area contributed by atoms with Crippen molar-refractivity contribution in [3.63, 3.8) is 0 Å². The highest BCUT2D eigenvalue weighted by molar-refractivity contribution is 5.89. The maximum absolute atomic E-state index is 11.8. The normalized spacial score (nSPS) is 14.4. The summed E-state index contributed by atoms with van der Waals surface area (Å²) in [5.74, 6) is 0.973. The molecular formula is C13H14N4O2. The molecule has 1 saturated carbocycles. The molecule has 0 N–H and O–H groups in total. The molecule has 0 unspecified atom stereocenters. The van der Waals surface area contributed by atoms with Crippen LogP contribution in [0.2, 0.25) is 0 Å². The highest BCUT2D eigenvalue weighted by Crippen LogP contribution is 2.29. The molecule has 0 radical (unpaired) electrons. The first-order valence-electron chi connectivity index (χ1n) is 6.24. The second-order valence-corrected chi connectivity index (χ2v) is 4.75. The van der Waals surface area contributed by atoms with Crippen LogP contribution in [0.3, 0.4) is 0 Å². The Kier molecular flexibility index (Phi) is 2.98. The molecule has 2 aromatic rings. The molecule has 98 valence electrons. The van der Waals surface area contributed by atoms with Gasteiger partial charge in [0.1, 0.15) is 0 Å². The molecule has 1 aromatic heterocycles. The van der Waals surface area contributed by atoms with E-state index < -0.39 is 0 Å². The van der Waals surface area contributed by atoms with Gasteiger partial charge < -0.3 is 4.74 Å². The highest BCUT2D eigenvalue weighted by Gasteiger charge is 2.23. The van der Waals surface area contributed by atoms with Crippen molar-refractivity contribution < 1.29 is 9.53 Å². The van der Waals surface area contributed by atoms with Gasteiger partial charge in [-0.1, -0.05) is 12.1 Å². The van der Waals surface area contributed by atoms with Gasteiger partial charge in [0.15, 0.2) is 5.82 Å². The molecule has 3 rings (SSSR count). The van der Waals surface area contributed by atoms with E-state index in [1.54, 1.807) is 23.9 Å². The average Bonchev–Trinajstić information content (AvgIpc) is 3.17. The average molecular weight is 258 g/mol. The fourth-order valence-corrected chi connectivity index (χ4v) is 1.79. The zero-order valence-electron chi connectivity index (χ0n) is 10.6. The summed E-state index contributed by atoms with van der Waals surface area (Å²) in [6.45, 7) is 0.536. The lowest BCUT2D eigenvalue weighted by Crippen LogP contribution is -2.07. The summed E-state index contributed by atoms with van der Waals surface area (Å²) in [5.41, 5.74) is 1.42. The number of nitrogens with zero attached hydrogens (tertiary/aromatic N) is 4. The first kappa shape index (κ1) is 11.8. The van der Waals surface area contributed by atoms with Crippen molar-refractivity contribution in [1.29, 1.82) is 0 Å². The fraction of sp³-hybridized carbons (Fsp3) is 0.385. The summed E-state index contributed by atoms with van der Waals surface area (Å²) in [6, 6.07) is 7.11. The number of tetrazole rings is 1. The SMILES string of the molecule is Cn1nnnc1-c1ccc(C(=O)OCC2CC2)cc1. The zero-order chi connectivity index (χ0) is 13.2. The number of hydrogen-bond acceptors (Lipinski definition) is 5. The molecule has 1 aliphatic carbocycles. The van der Waals surface area contributed by atoms with Gasteiger partial charge in [-0.25, -0.2) is 9.48 Å². The van der Waals surface area contributed by atoms with E-state index in [0.717, 1.165) is 5.56 Å². The first-order chi connectivity index (χ1) is 9.24. The molecule has 0 atom stereocenters. The Morgan fingerprint density at radius 2 is 2.11 bits per heavy atom. The van der Waals surface area contributed by atoms with Crippen LogP contribution >= 0.6 is 0 Å². The summed E-state index contributed by atoms with van der Waals surface area (Å²) < 4.78 is 6.81. The van der Waals surface area contributed by atoms with Crippen molar-refractivity contribution in [2.24, 2.45) is 13.0 Å². The molecule has 0 aliphatic heterocycles. The number of aromatic nitrogens is 4. The number of aryl methyl sites for hydroxylation is 1. The van der Waals surface area contributed by atoms with E-state index in [-0.39, 0.29) is 5.97 Å². The van der Waals surface area contributed by atoms with Gasteiger partial charge in [0, 0.05) is 12.6 Å². The largest absolute Gasteiger partial charge is 0.462 e. The minimum atomic E-state index is -0.269. The van der Waals surface area contributed by atoms with Crippen LogP contribution in [0.15, 0.2) is 24.3 Å². The number of carbonyl (C=O) groups excluding carboxylic acids is 1. The quantitative estimate of drug-likeness (QED) is 0.776. The summed E-state index contributed by atoms with van der Waals surface area (Å²) >= 11 is 0. The number of carbonyl (C=O) groups is 1. The summed E-state index contributed by atoms with van der Waals surface area (Å²) in [5, 5.41) is 11.3. The van der Waals surface area contributed by atoms with E-state index in [9.17, 15) is 4.79 Å². The lowest BCUT2D eigenvalue weighted by atomic mass is 10.1. The monoisotopic (exact) mass is 258 g/mol. The van der Waals surface area contributed by atoms with Crippen LogP contribution in [-0.4, -0.2) is 32.8 Å². The molecule has 1 aromatic carbocycles. The van der Waals surface area contributed by atoms with Gasteiger partial charge in [0.05, 0.1) is 12.2 Å². The van der Waals surface area contributed by atoms with Gasteiger partial charge >= 0.3 is 5.97 Å². The lowest BCUT2D eigenvalue weighted by Gasteiger charge is -2.04. The zero-order valence-corrected chi connectivity index (χ0v) is 10.6. The molecule has 0 amide bonds. The van der Waals surface area contributed by atoms with E-state index in [0.29, 0.717) is 23.9 Å². The molecule has 0 spiro atoms. The third kappa shape index (κ3) is 2.62. The van der Waals surface area contributed by atoms with Crippen LogP contribution in [0.4, 0.5) is 0 Å². The summed E-state index contributed by atoms with van der Waals surface area (Å²) in [7, 11) is 1.77. The Hall–Kier alpha value is -2.24. The van der Waals surface area contributed by atoms with Crippen LogP contribution in [-0.2, 0) is 11.8 Å². The van der Waals surface area contributed by atoms with E-state index in [1.165, 1.54) is 12.8 Å². The Morgan fingerprint density at radius 3 is 2.68 bits per heavy atom. The van der Waals surface area contributed by atoms with Gasteiger partial charge in [-0.05, 0) is 41.3 Å². The Balaban J connectivity index is 1.71. The van der Waals surface area contributed by atoms with Crippen LogP contribution in [0.5, 0.6) is 0 Å². The highest BCUT2D eigenvalue weighted by atomic mass is 16.5. The van der Waals surface area contributed by atoms with Crippen LogP contribution in [0, 0.1) is 5.92 Å². The predicted molar refractivity (Wildman–Crippen MR) is 67.2 cm³/mol. The molecule has 0 saturated heterocycles. The second-order valence-electron chi connectivity index (χ2n) is 4.75. The molecule has 1 aliphatic rings. The third-order valence-electron chi connectivity index (χ3n) is 3.15. The molecule has 19 heavy (non-hydrogen) atoms. The maximum atomic E-state index is 11.8. The smallest absolute Gasteiger partial charge is 0.338 e. The fourth-order valence-electron chi connectivity index (χ4n) is 1.79. The number of benzene rings is 1.